The second kappa shape index (κ2) is 6.40. The van der Waals surface area contributed by atoms with E-state index in [-0.39, 0.29) is 11.9 Å². The third-order valence-corrected chi connectivity index (χ3v) is 3.47. The molecule has 1 atom stereocenters. The van der Waals surface area contributed by atoms with Crippen LogP contribution in [0.15, 0.2) is 24.3 Å². The number of benzene rings is 1. The third-order valence-electron chi connectivity index (χ3n) is 3.47. The third kappa shape index (κ3) is 3.15. The molecule has 0 spiro atoms. The zero-order valence-electron chi connectivity index (χ0n) is 11.4. The van der Waals surface area contributed by atoms with Crippen molar-refractivity contribution in [3.8, 4) is 12.3 Å². The molecule has 0 aromatic heterocycles. The maximum atomic E-state index is 12.5. The summed E-state index contributed by atoms with van der Waals surface area (Å²) in [6, 6.07) is 8.12. The first-order valence-corrected chi connectivity index (χ1v) is 6.78. The summed E-state index contributed by atoms with van der Waals surface area (Å²) < 4.78 is 0. The molecule has 19 heavy (non-hydrogen) atoms. The van der Waals surface area contributed by atoms with Crippen molar-refractivity contribution in [2.24, 2.45) is 0 Å². The van der Waals surface area contributed by atoms with Gasteiger partial charge < -0.3 is 10.2 Å². The normalized spacial score (nSPS) is 17.4. The van der Waals surface area contributed by atoms with Gasteiger partial charge in [0.05, 0.1) is 12.6 Å². The quantitative estimate of drug-likeness (QED) is 0.829. The van der Waals surface area contributed by atoms with E-state index in [1.54, 1.807) is 4.90 Å². The molecular formula is C16H20N2O. The van der Waals surface area contributed by atoms with Crippen molar-refractivity contribution in [2.75, 3.05) is 13.1 Å². The first kappa shape index (κ1) is 13.6. The largest absolute Gasteiger partial charge is 0.330 e. The van der Waals surface area contributed by atoms with Crippen molar-refractivity contribution < 1.29 is 4.79 Å². The minimum absolute atomic E-state index is 0.120. The Kier molecular flexibility index (Phi) is 4.59. The molecular weight excluding hydrogens is 236 g/mol. The second-order valence-electron chi connectivity index (χ2n) is 4.87. The van der Waals surface area contributed by atoms with Gasteiger partial charge >= 0.3 is 0 Å². The van der Waals surface area contributed by atoms with Gasteiger partial charge in [-0.05, 0) is 24.0 Å². The highest BCUT2D eigenvalue weighted by molar-refractivity contribution is 5.82. The maximum Gasteiger partial charge on any atom is 0.240 e. The van der Waals surface area contributed by atoms with Gasteiger partial charge in [-0.3, -0.25) is 4.79 Å². The van der Waals surface area contributed by atoms with Crippen molar-refractivity contribution in [3.05, 3.63) is 35.4 Å². The zero-order chi connectivity index (χ0) is 13.7. The van der Waals surface area contributed by atoms with E-state index in [1.165, 1.54) is 11.1 Å². The summed E-state index contributed by atoms with van der Waals surface area (Å²) in [4.78, 5) is 14.2. The Labute approximate surface area is 115 Å². The minimum atomic E-state index is -0.144. The summed E-state index contributed by atoms with van der Waals surface area (Å²) in [5.41, 5.74) is 2.54. The number of amides is 1. The highest BCUT2D eigenvalue weighted by Crippen LogP contribution is 2.17. The number of carbonyl (C=O) groups excluding carboxylic acids is 1. The van der Waals surface area contributed by atoms with Crippen LogP contribution in [0.4, 0.5) is 0 Å². The second-order valence-corrected chi connectivity index (χ2v) is 4.87. The van der Waals surface area contributed by atoms with Gasteiger partial charge in [-0.1, -0.05) is 37.1 Å². The van der Waals surface area contributed by atoms with Gasteiger partial charge in [-0.25, -0.2) is 0 Å². The van der Waals surface area contributed by atoms with E-state index in [2.05, 4.69) is 30.3 Å². The lowest BCUT2D eigenvalue weighted by Crippen LogP contribution is -2.49. The first-order chi connectivity index (χ1) is 9.26. The highest BCUT2D eigenvalue weighted by Gasteiger charge is 2.27. The van der Waals surface area contributed by atoms with Crippen LogP contribution in [0.2, 0.25) is 0 Å². The van der Waals surface area contributed by atoms with Crippen LogP contribution in [0.1, 0.15) is 24.5 Å². The molecule has 1 aromatic rings. The topological polar surface area (TPSA) is 32.3 Å². The van der Waals surface area contributed by atoms with Gasteiger partial charge in [0.15, 0.2) is 0 Å². The minimum Gasteiger partial charge on any atom is -0.330 e. The molecule has 2 rings (SSSR count). The summed E-state index contributed by atoms with van der Waals surface area (Å²) in [7, 11) is 0. The fourth-order valence-corrected chi connectivity index (χ4v) is 2.50. The number of fused-ring (bicyclic) bond motifs is 1. The van der Waals surface area contributed by atoms with E-state index in [0.29, 0.717) is 6.54 Å². The molecule has 0 saturated heterocycles. The average molecular weight is 256 g/mol. The molecule has 1 N–H and O–H groups in total. The molecule has 0 bridgehead atoms. The van der Waals surface area contributed by atoms with Crippen LogP contribution in [-0.4, -0.2) is 29.9 Å². The Hall–Kier alpha value is -1.79. The monoisotopic (exact) mass is 256 g/mol. The highest BCUT2D eigenvalue weighted by atomic mass is 16.2. The summed E-state index contributed by atoms with van der Waals surface area (Å²) in [6.07, 6.45) is 7.02. The number of hydrogen-bond donors (Lipinski definition) is 1. The van der Waals surface area contributed by atoms with Crippen LogP contribution in [0.5, 0.6) is 0 Å². The Morgan fingerprint density at radius 2 is 2.21 bits per heavy atom. The van der Waals surface area contributed by atoms with Gasteiger partial charge in [0.25, 0.3) is 0 Å². The Bertz CT molecular complexity index is 490. The first-order valence-electron chi connectivity index (χ1n) is 6.78. The number of hydrogen-bond acceptors (Lipinski definition) is 2. The fraction of sp³-hybridized carbons (Fsp3) is 0.438. The molecule has 1 aromatic carbocycles. The Balaban J connectivity index is 2.07. The Morgan fingerprint density at radius 1 is 1.47 bits per heavy atom. The molecule has 1 aliphatic rings. The molecule has 0 radical (unpaired) electrons. The van der Waals surface area contributed by atoms with Crippen LogP contribution < -0.4 is 5.32 Å². The molecule has 1 heterocycles. The van der Waals surface area contributed by atoms with Crippen molar-refractivity contribution in [1.82, 2.24) is 10.2 Å². The van der Waals surface area contributed by atoms with Crippen LogP contribution in [0.25, 0.3) is 0 Å². The molecule has 3 nitrogen and oxygen atoms in total. The standard InChI is InChI=1S/C16H20N2O/c1-3-9-18(10-4-2)16(19)15-11-13-7-5-6-8-14(13)12-17-15/h1,5-8,15,17H,4,9-12H2,2H3. The lowest BCUT2D eigenvalue weighted by Gasteiger charge is -2.30. The van der Waals surface area contributed by atoms with E-state index in [9.17, 15) is 4.79 Å². The van der Waals surface area contributed by atoms with Gasteiger partial charge in [-0.15, -0.1) is 6.42 Å². The molecule has 1 aliphatic heterocycles. The average Bonchev–Trinajstić information content (AvgIpc) is 2.46. The zero-order valence-corrected chi connectivity index (χ0v) is 11.4. The summed E-state index contributed by atoms with van der Waals surface area (Å²) in [5, 5.41) is 3.31. The van der Waals surface area contributed by atoms with E-state index in [4.69, 9.17) is 6.42 Å². The molecule has 0 saturated carbocycles. The van der Waals surface area contributed by atoms with Crippen LogP contribution >= 0.6 is 0 Å². The summed E-state index contributed by atoms with van der Waals surface area (Å²) in [6.45, 7) is 3.93. The van der Waals surface area contributed by atoms with Gasteiger partial charge in [-0.2, -0.15) is 0 Å². The number of carbonyl (C=O) groups is 1. The smallest absolute Gasteiger partial charge is 0.240 e. The molecule has 3 heteroatoms. The van der Waals surface area contributed by atoms with E-state index in [0.717, 1.165) is 25.9 Å². The van der Waals surface area contributed by atoms with Gasteiger partial charge in [0, 0.05) is 13.1 Å². The van der Waals surface area contributed by atoms with Crippen molar-refractivity contribution in [3.63, 3.8) is 0 Å². The fourth-order valence-electron chi connectivity index (χ4n) is 2.50. The number of nitrogens with zero attached hydrogens (tertiary/aromatic N) is 1. The van der Waals surface area contributed by atoms with E-state index >= 15 is 0 Å². The van der Waals surface area contributed by atoms with Crippen LogP contribution in [-0.2, 0) is 17.8 Å². The van der Waals surface area contributed by atoms with Crippen LogP contribution in [0.3, 0.4) is 0 Å². The molecule has 0 aliphatic carbocycles. The summed E-state index contributed by atoms with van der Waals surface area (Å²) >= 11 is 0. The predicted molar refractivity (Wildman–Crippen MR) is 76.5 cm³/mol. The lowest BCUT2D eigenvalue weighted by molar-refractivity contribution is -0.133. The molecule has 1 unspecified atom stereocenters. The molecule has 1 amide bonds. The van der Waals surface area contributed by atoms with Crippen molar-refractivity contribution in [2.45, 2.75) is 32.4 Å². The van der Waals surface area contributed by atoms with Gasteiger partial charge in [0.1, 0.15) is 0 Å². The van der Waals surface area contributed by atoms with Crippen molar-refractivity contribution >= 4 is 5.91 Å². The SMILES string of the molecule is C#CCN(CCC)C(=O)C1Cc2ccccc2CN1. The number of nitrogens with one attached hydrogen (secondary N) is 1. The number of rotatable bonds is 4. The molecule has 100 valence electrons. The number of terminal acetylenes is 1. The maximum absolute atomic E-state index is 12.5. The van der Waals surface area contributed by atoms with Crippen molar-refractivity contribution in [1.29, 1.82) is 0 Å². The predicted octanol–water partition coefficient (Wildman–Crippen LogP) is 1.57. The molecule has 0 fully saturated rings. The lowest BCUT2D eigenvalue weighted by atomic mass is 9.95. The van der Waals surface area contributed by atoms with E-state index < -0.39 is 0 Å². The van der Waals surface area contributed by atoms with Gasteiger partial charge in [0.2, 0.25) is 5.91 Å². The van der Waals surface area contributed by atoms with E-state index in [1.807, 2.05) is 12.1 Å². The summed E-state index contributed by atoms with van der Waals surface area (Å²) in [5.74, 6) is 2.69. The van der Waals surface area contributed by atoms with Crippen LogP contribution in [0, 0.1) is 12.3 Å². The Morgan fingerprint density at radius 3 is 2.89 bits per heavy atom.